The third kappa shape index (κ3) is 4.08. The van der Waals surface area contributed by atoms with Gasteiger partial charge in [0, 0.05) is 18.9 Å². The highest BCUT2D eigenvalue weighted by molar-refractivity contribution is 7.89. The molecule has 1 saturated heterocycles. The fourth-order valence-corrected chi connectivity index (χ4v) is 3.65. The molecule has 1 amide bonds. The number of ether oxygens (including phenoxy) is 1. The van der Waals surface area contributed by atoms with E-state index in [-0.39, 0.29) is 16.7 Å². The van der Waals surface area contributed by atoms with E-state index >= 15 is 0 Å². The Hall–Kier alpha value is -1.48. The van der Waals surface area contributed by atoms with Crippen molar-refractivity contribution in [2.45, 2.75) is 30.7 Å². The number of nitrogens with two attached hydrogens (primary N) is 1. The van der Waals surface area contributed by atoms with Crippen LogP contribution in [0.5, 0.6) is 0 Å². The minimum atomic E-state index is -3.58. The molecule has 1 fully saturated rings. The number of benzene rings is 1. The molecule has 2 rings (SSSR count). The number of carbonyl (C=O) groups is 1. The van der Waals surface area contributed by atoms with Gasteiger partial charge in [-0.3, -0.25) is 4.79 Å². The zero-order chi connectivity index (χ0) is 17.0. The van der Waals surface area contributed by atoms with Crippen LogP contribution in [0.15, 0.2) is 23.1 Å². The van der Waals surface area contributed by atoms with Crippen LogP contribution in [0.4, 0.5) is 5.69 Å². The Morgan fingerprint density at radius 1 is 1.35 bits per heavy atom. The molecule has 1 aliphatic heterocycles. The summed E-state index contributed by atoms with van der Waals surface area (Å²) in [6, 6.07) is 4.11. The lowest BCUT2D eigenvalue weighted by molar-refractivity contribution is -0.119. The minimum Gasteiger partial charge on any atom is -0.381 e. The Morgan fingerprint density at radius 2 is 2.00 bits per heavy atom. The molecule has 0 radical (unpaired) electrons. The van der Waals surface area contributed by atoms with E-state index in [2.05, 4.69) is 10.0 Å². The summed E-state index contributed by atoms with van der Waals surface area (Å²) in [5, 5.41) is 2.75. The molecule has 0 saturated carbocycles. The van der Waals surface area contributed by atoms with Gasteiger partial charge in [-0.1, -0.05) is 6.07 Å². The van der Waals surface area contributed by atoms with Crippen molar-refractivity contribution < 1.29 is 17.9 Å². The number of nitrogens with one attached hydrogen (secondary N) is 2. The second-order valence-corrected chi connectivity index (χ2v) is 7.46. The molecular weight excluding hydrogens is 318 g/mol. The second-order valence-electron chi connectivity index (χ2n) is 5.60. The predicted octanol–water partition coefficient (Wildman–Crippen LogP) is 0.596. The molecule has 1 unspecified atom stereocenters. The Morgan fingerprint density at radius 3 is 2.61 bits per heavy atom. The monoisotopic (exact) mass is 341 g/mol. The summed E-state index contributed by atoms with van der Waals surface area (Å²) in [5.74, 6) is -0.229. The van der Waals surface area contributed by atoms with Gasteiger partial charge in [0.1, 0.15) is 0 Å². The van der Waals surface area contributed by atoms with Gasteiger partial charge in [0.2, 0.25) is 15.9 Å². The smallest absolute Gasteiger partial charge is 0.241 e. The van der Waals surface area contributed by atoms with Crippen LogP contribution in [0, 0.1) is 12.8 Å². The Bertz CT molecular complexity index is 669. The zero-order valence-electron chi connectivity index (χ0n) is 13.3. The summed E-state index contributed by atoms with van der Waals surface area (Å²) in [7, 11) is -2.23. The normalized spacial score (nSPS) is 17.7. The third-order valence-electron chi connectivity index (χ3n) is 4.18. The summed E-state index contributed by atoms with van der Waals surface area (Å²) < 4.78 is 31.5. The lowest BCUT2D eigenvalue weighted by Crippen LogP contribution is -2.44. The Kier molecular flexibility index (Phi) is 5.74. The highest BCUT2D eigenvalue weighted by Gasteiger charge is 2.27. The Labute approximate surface area is 136 Å². The van der Waals surface area contributed by atoms with E-state index in [9.17, 15) is 13.2 Å². The number of anilines is 1. The van der Waals surface area contributed by atoms with Crippen molar-refractivity contribution in [3.05, 3.63) is 23.8 Å². The molecule has 1 aromatic rings. The fraction of sp³-hybridized carbons (Fsp3) is 0.533. The van der Waals surface area contributed by atoms with E-state index < -0.39 is 16.1 Å². The van der Waals surface area contributed by atoms with Crippen LogP contribution in [-0.2, 0) is 19.6 Å². The van der Waals surface area contributed by atoms with Gasteiger partial charge in [-0.15, -0.1) is 0 Å². The number of sulfonamides is 1. The van der Waals surface area contributed by atoms with Gasteiger partial charge in [-0.05, 0) is 50.4 Å². The van der Waals surface area contributed by atoms with E-state index in [1.54, 1.807) is 19.1 Å². The summed E-state index contributed by atoms with van der Waals surface area (Å²) in [4.78, 5) is 12.5. The quantitative estimate of drug-likeness (QED) is 0.726. The first-order chi connectivity index (χ1) is 10.9. The van der Waals surface area contributed by atoms with Crippen molar-refractivity contribution in [3.8, 4) is 0 Å². The third-order valence-corrected chi connectivity index (χ3v) is 5.74. The maximum Gasteiger partial charge on any atom is 0.241 e. The van der Waals surface area contributed by atoms with E-state index in [0.717, 1.165) is 12.8 Å². The van der Waals surface area contributed by atoms with Crippen LogP contribution < -0.4 is 15.8 Å². The molecule has 1 aliphatic rings. The SMILES string of the molecule is CNS(=O)(=O)c1cccc(NC(=O)C(N)C2CCOCC2)c1C. The first-order valence-corrected chi connectivity index (χ1v) is 9.02. The van der Waals surface area contributed by atoms with Gasteiger partial charge in [-0.25, -0.2) is 13.1 Å². The first kappa shape index (κ1) is 17.9. The maximum atomic E-state index is 12.4. The highest BCUT2D eigenvalue weighted by atomic mass is 32.2. The van der Waals surface area contributed by atoms with Gasteiger partial charge in [0.05, 0.1) is 10.9 Å². The van der Waals surface area contributed by atoms with Crippen LogP contribution in [0.2, 0.25) is 0 Å². The molecule has 23 heavy (non-hydrogen) atoms. The van der Waals surface area contributed by atoms with Crippen LogP contribution in [0.1, 0.15) is 18.4 Å². The maximum absolute atomic E-state index is 12.4. The molecule has 1 atom stereocenters. The number of carbonyl (C=O) groups excluding carboxylic acids is 1. The van der Waals surface area contributed by atoms with Gasteiger partial charge < -0.3 is 15.8 Å². The van der Waals surface area contributed by atoms with E-state index in [1.807, 2.05) is 0 Å². The van der Waals surface area contributed by atoms with Crippen LogP contribution in [-0.4, -0.2) is 40.6 Å². The van der Waals surface area contributed by atoms with Crippen molar-refractivity contribution in [3.63, 3.8) is 0 Å². The number of hydrogen-bond acceptors (Lipinski definition) is 5. The fourth-order valence-electron chi connectivity index (χ4n) is 2.66. The van der Waals surface area contributed by atoms with E-state index in [0.29, 0.717) is 24.5 Å². The minimum absolute atomic E-state index is 0.0771. The first-order valence-electron chi connectivity index (χ1n) is 7.54. The average molecular weight is 341 g/mol. The standard InChI is InChI=1S/C15H23N3O4S/c1-10-12(4-3-5-13(10)23(20,21)17-2)18-15(19)14(16)11-6-8-22-9-7-11/h3-5,11,14,17H,6-9,16H2,1-2H3,(H,18,19). The van der Waals surface area contributed by atoms with E-state index in [4.69, 9.17) is 10.5 Å². The summed E-state index contributed by atoms with van der Waals surface area (Å²) in [5.41, 5.74) is 6.98. The average Bonchev–Trinajstić information content (AvgIpc) is 2.56. The largest absolute Gasteiger partial charge is 0.381 e. The molecule has 7 nitrogen and oxygen atoms in total. The van der Waals surface area contributed by atoms with Gasteiger partial charge >= 0.3 is 0 Å². The number of hydrogen-bond donors (Lipinski definition) is 3. The van der Waals surface area contributed by atoms with Crippen molar-refractivity contribution >= 4 is 21.6 Å². The van der Waals surface area contributed by atoms with E-state index in [1.165, 1.54) is 13.1 Å². The summed E-state index contributed by atoms with van der Waals surface area (Å²) in [6.07, 6.45) is 1.50. The molecule has 0 aliphatic carbocycles. The number of amides is 1. The molecule has 1 aromatic carbocycles. The molecule has 4 N–H and O–H groups in total. The highest BCUT2D eigenvalue weighted by Crippen LogP contribution is 2.24. The molecule has 1 heterocycles. The van der Waals surface area contributed by atoms with Crippen molar-refractivity contribution in [1.82, 2.24) is 4.72 Å². The lowest BCUT2D eigenvalue weighted by atomic mass is 9.92. The van der Waals surface area contributed by atoms with Gasteiger partial charge in [-0.2, -0.15) is 0 Å². The van der Waals surface area contributed by atoms with Crippen molar-refractivity contribution in [2.24, 2.45) is 11.7 Å². The molecule has 8 heteroatoms. The predicted molar refractivity (Wildman–Crippen MR) is 87.6 cm³/mol. The topological polar surface area (TPSA) is 111 Å². The molecule has 128 valence electrons. The van der Waals surface area contributed by atoms with Gasteiger partial charge in [0.25, 0.3) is 0 Å². The Balaban J connectivity index is 2.16. The molecule has 0 bridgehead atoms. The van der Waals surface area contributed by atoms with Crippen LogP contribution >= 0.6 is 0 Å². The van der Waals surface area contributed by atoms with Crippen molar-refractivity contribution in [2.75, 3.05) is 25.6 Å². The summed E-state index contributed by atoms with van der Waals surface area (Å²) in [6.45, 7) is 2.88. The number of rotatable bonds is 5. The second kappa shape index (κ2) is 7.39. The zero-order valence-corrected chi connectivity index (χ0v) is 14.2. The molecular formula is C15H23N3O4S. The molecule has 0 aromatic heterocycles. The van der Waals surface area contributed by atoms with Crippen LogP contribution in [0.3, 0.4) is 0 Å². The van der Waals surface area contributed by atoms with Crippen LogP contribution in [0.25, 0.3) is 0 Å². The van der Waals surface area contributed by atoms with Crippen molar-refractivity contribution in [1.29, 1.82) is 0 Å². The molecule has 0 spiro atoms. The summed E-state index contributed by atoms with van der Waals surface area (Å²) >= 11 is 0. The lowest BCUT2D eigenvalue weighted by Gasteiger charge is -2.27. The van der Waals surface area contributed by atoms with Gasteiger partial charge in [0.15, 0.2) is 0 Å².